The van der Waals surface area contributed by atoms with Gasteiger partial charge in [0.05, 0.1) is 6.04 Å². The van der Waals surface area contributed by atoms with Crippen molar-refractivity contribution in [1.29, 1.82) is 0 Å². The van der Waals surface area contributed by atoms with Gasteiger partial charge >= 0.3 is 5.97 Å². The molecule has 4 atom stereocenters. The average molecular weight is 525 g/mol. The van der Waals surface area contributed by atoms with E-state index in [1.807, 2.05) is 64.1 Å². The minimum absolute atomic E-state index is 0.0741. The molecule has 0 saturated carbocycles. The van der Waals surface area contributed by atoms with Gasteiger partial charge in [0, 0.05) is 12.8 Å². The Bertz CT molecular complexity index is 1060. The molecule has 9 nitrogen and oxygen atoms in total. The highest BCUT2D eigenvalue weighted by molar-refractivity contribution is 5.94. The molecule has 6 N–H and O–H groups in total. The van der Waals surface area contributed by atoms with Crippen LogP contribution in [0.3, 0.4) is 0 Å². The second kappa shape index (κ2) is 14.9. The summed E-state index contributed by atoms with van der Waals surface area (Å²) in [6, 6.07) is 14.2. The highest BCUT2D eigenvalue weighted by Crippen LogP contribution is 2.10. The van der Waals surface area contributed by atoms with E-state index in [1.165, 1.54) is 0 Å². The molecule has 2 rings (SSSR count). The molecule has 0 aliphatic carbocycles. The largest absolute Gasteiger partial charge is 0.480 e. The average Bonchev–Trinajstić information content (AvgIpc) is 2.87. The van der Waals surface area contributed by atoms with Crippen LogP contribution < -0.4 is 21.7 Å². The van der Waals surface area contributed by atoms with Gasteiger partial charge in [0.2, 0.25) is 17.7 Å². The molecule has 0 heterocycles. The second-order valence-corrected chi connectivity index (χ2v) is 10.3. The van der Waals surface area contributed by atoms with Gasteiger partial charge in [-0.05, 0) is 29.4 Å². The van der Waals surface area contributed by atoms with Crippen LogP contribution in [0.2, 0.25) is 0 Å². The van der Waals surface area contributed by atoms with Crippen molar-refractivity contribution in [3.05, 3.63) is 71.8 Å². The van der Waals surface area contributed by atoms with Gasteiger partial charge in [0.25, 0.3) is 0 Å². The SMILES string of the molecule is CC(C)CC(NC(=O)C(N)C(C)C)C(=O)NC(Cc1ccccc1)C(=O)NC(Cc1ccccc1)C(=O)O. The zero-order chi connectivity index (χ0) is 28.2. The van der Waals surface area contributed by atoms with Gasteiger partial charge in [-0.3, -0.25) is 14.4 Å². The molecule has 0 aromatic heterocycles. The maximum Gasteiger partial charge on any atom is 0.326 e. The zero-order valence-electron chi connectivity index (χ0n) is 22.5. The molecule has 0 saturated heterocycles. The number of carboxylic acid groups (broad SMARTS) is 1. The Labute approximate surface area is 224 Å². The van der Waals surface area contributed by atoms with Crippen LogP contribution in [0.5, 0.6) is 0 Å². The molecular formula is C29H40N4O5. The van der Waals surface area contributed by atoms with Crippen molar-refractivity contribution >= 4 is 23.7 Å². The summed E-state index contributed by atoms with van der Waals surface area (Å²) in [5.74, 6) is -2.83. The van der Waals surface area contributed by atoms with E-state index in [2.05, 4.69) is 16.0 Å². The minimum atomic E-state index is -1.18. The van der Waals surface area contributed by atoms with Crippen molar-refractivity contribution in [1.82, 2.24) is 16.0 Å². The number of hydrogen-bond donors (Lipinski definition) is 5. The van der Waals surface area contributed by atoms with Crippen molar-refractivity contribution in [2.75, 3.05) is 0 Å². The number of hydrogen-bond acceptors (Lipinski definition) is 5. The molecule has 2 aromatic carbocycles. The number of aliphatic carboxylic acids is 1. The van der Waals surface area contributed by atoms with Crippen molar-refractivity contribution in [3.63, 3.8) is 0 Å². The first-order valence-electron chi connectivity index (χ1n) is 12.9. The van der Waals surface area contributed by atoms with Crippen LogP contribution in [0.15, 0.2) is 60.7 Å². The minimum Gasteiger partial charge on any atom is -0.480 e. The number of carboxylic acids is 1. The molecule has 9 heteroatoms. The molecular weight excluding hydrogens is 484 g/mol. The third-order valence-corrected chi connectivity index (χ3v) is 6.17. The van der Waals surface area contributed by atoms with Crippen LogP contribution in [0.4, 0.5) is 0 Å². The summed E-state index contributed by atoms with van der Waals surface area (Å²) in [7, 11) is 0. The van der Waals surface area contributed by atoms with Gasteiger partial charge in [-0.15, -0.1) is 0 Å². The van der Waals surface area contributed by atoms with E-state index >= 15 is 0 Å². The number of rotatable bonds is 14. The summed E-state index contributed by atoms with van der Waals surface area (Å²) in [4.78, 5) is 51.3. The molecule has 0 fully saturated rings. The first-order chi connectivity index (χ1) is 18.0. The van der Waals surface area contributed by atoms with Crippen molar-refractivity contribution in [3.8, 4) is 0 Å². The Morgan fingerprint density at radius 2 is 1.11 bits per heavy atom. The van der Waals surface area contributed by atoms with Crippen LogP contribution in [0, 0.1) is 11.8 Å². The van der Waals surface area contributed by atoms with Gasteiger partial charge < -0.3 is 26.8 Å². The van der Waals surface area contributed by atoms with E-state index < -0.39 is 47.9 Å². The summed E-state index contributed by atoms with van der Waals surface area (Å²) < 4.78 is 0. The zero-order valence-corrected chi connectivity index (χ0v) is 22.5. The molecule has 0 bridgehead atoms. The molecule has 0 spiro atoms. The lowest BCUT2D eigenvalue weighted by Crippen LogP contribution is -2.58. The third kappa shape index (κ3) is 9.97. The number of nitrogens with two attached hydrogens (primary N) is 1. The molecule has 4 unspecified atom stereocenters. The molecule has 206 valence electrons. The van der Waals surface area contributed by atoms with E-state index in [4.69, 9.17) is 5.73 Å². The highest BCUT2D eigenvalue weighted by atomic mass is 16.4. The lowest BCUT2D eigenvalue weighted by atomic mass is 9.99. The van der Waals surface area contributed by atoms with E-state index in [0.717, 1.165) is 11.1 Å². The van der Waals surface area contributed by atoms with E-state index in [9.17, 15) is 24.3 Å². The summed E-state index contributed by atoms with van der Waals surface area (Å²) in [6.07, 6.45) is 0.574. The summed E-state index contributed by atoms with van der Waals surface area (Å²) in [5.41, 5.74) is 7.51. The third-order valence-electron chi connectivity index (χ3n) is 6.17. The van der Waals surface area contributed by atoms with Gasteiger partial charge in [0.1, 0.15) is 18.1 Å². The predicted molar refractivity (Wildman–Crippen MR) is 146 cm³/mol. The van der Waals surface area contributed by atoms with Crippen molar-refractivity contribution in [2.45, 2.75) is 71.1 Å². The summed E-state index contributed by atoms with van der Waals surface area (Å²) >= 11 is 0. The number of carbonyl (C=O) groups excluding carboxylic acids is 3. The van der Waals surface area contributed by atoms with Crippen molar-refractivity contribution < 1.29 is 24.3 Å². The standard InChI is InChI=1S/C29H40N4O5/c1-18(2)15-22(32-28(36)25(30)19(3)4)26(34)31-23(16-20-11-7-5-8-12-20)27(35)33-24(29(37)38)17-21-13-9-6-10-14-21/h5-14,18-19,22-25H,15-17,30H2,1-4H3,(H,31,34)(H,32,36)(H,33,35)(H,37,38). The Balaban J connectivity index is 2.25. The fourth-order valence-corrected chi connectivity index (χ4v) is 3.93. The lowest BCUT2D eigenvalue weighted by molar-refractivity contribution is -0.142. The lowest BCUT2D eigenvalue weighted by Gasteiger charge is -2.26. The first kappa shape index (κ1) is 30.5. The quantitative estimate of drug-likeness (QED) is 0.255. The monoisotopic (exact) mass is 524 g/mol. The van der Waals surface area contributed by atoms with Crippen LogP contribution >= 0.6 is 0 Å². The number of amides is 3. The maximum atomic E-state index is 13.4. The predicted octanol–water partition coefficient (Wildman–Crippen LogP) is 2.04. The van der Waals surface area contributed by atoms with Crippen LogP contribution in [-0.4, -0.2) is 53.0 Å². The van der Waals surface area contributed by atoms with Crippen molar-refractivity contribution in [2.24, 2.45) is 17.6 Å². The Kier molecular flexibility index (Phi) is 11.9. The molecule has 2 aromatic rings. The Hall–Kier alpha value is -3.72. The highest BCUT2D eigenvalue weighted by Gasteiger charge is 2.31. The summed E-state index contributed by atoms with van der Waals surface area (Å²) in [6.45, 7) is 7.47. The van der Waals surface area contributed by atoms with Crippen LogP contribution in [0.1, 0.15) is 45.2 Å². The fraction of sp³-hybridized carbons (Fsp3) is 0.448. The molecule has 38 heavy (non-hydrogen) atoms. The first-order valence-corrected chi connectivity index (χ1v) is 12.9. The topological polar surface area (TPSA) is 151 Å². The van der Waals surface area contributed by atoms with Crippen LogP contribution in [0.25, 0.3) is 0 Å². The second-order valence-electron chi connectivity index (χ2n) is 10.3. The van der Waals surface area contributed by atoms with Gasteiger partial charge in [0.15, 0.2) is 0 Å². The Morgan fingerprint density at radius 3 is 1.55 bits per heavy atom. The molecule has 0 radical (unpaired) electrons. The van der Waals surface area contributed by atoms with E-state index in [0.29, 0.717) is 6.42 Å². The number of benzene rings is 2. The van der Waals surface area contributed by atoms with Gasteiger partial charge in [-0.2, -0.15) is 0 Å². The molecule has 3 amide bonds. The fourth-order valence-electron chi connectivity index (χ4n) is 3.93. The number of carbonyl (C=O) groups is 4. The smallest absolute Gasteiger partial charge is 0.326 e. The molecule has 0 aliphatic rings. The van der Waals surface area contributed by atoms with E-state index in [1.54, 1.807) is 24.3 Å². The van der Waals surface area contributed by atoms with Gasteiger partial charge in [-0.25, -0.2) is 4.79 Å². The Morgan fingerprint density at radius 1 is 0.684 bits per heavy atom. The van der Waals surface area contributed by atoms with E-state index in [-0.39, 0.29) is 24.7 Å². The van der Waals surface area contributed by atoms with Crippen LogP contribution in [-0.2, 0) is 32.0 Å². The van der Waals surface area contributed by atoms with Gasteiger partial charge in [-0.1, -0.05) is 88.4 Å². The normalized spacial score (nSPS) is 14.3. The summed E-state index contributed by atoms with van der Waals surface area (Å²) in [5, 5.41) is 17.8. The molecule has 0 aliphatic heterocycles. The number of nitrogens with one attached hydrogen (secondary N) is 3. The maximum absolute atomic E-state index is 13.4.